The van der Waals surface area contributed by atoms with Crippen molar-refractivity contribution in [2.24, 2.45) is 0 Å². The summed E-state index contributed by atoms with van der Waals surface area (Å²) < 4.78 is 5.21. The molecule has 2 fully saturated rings. The molecule has 1 saturated heterocycles. The molecular formula is C13H26N2O. The second-order valence-corrected chi connectivity index (χ2v) is 5.43. The van der Waals surface area contributed by atoms with Crippen LogP contribution in [0.5, 0.6) is 0 Å². The van der Waals surface area contributed by atoms with Crippen LogP contribution >= 0.6 is 0 Å². The Bertz CT molecular complexity index is 214. The Balaban J connectivity index is 1.98. The first-order valence-corrected chi connectivity index (χ1v) is 6.75. The smallest absolute Gasteiger partial charge is 0.0477 e. The van der Waals surface area contributed by atoms with Crippen molar-refractivity contribution in [2.45, 2.75) is 50.6 Å². The first-order valence-electron chi connectivity index (χ1n) is 6.75. The van der Waals surface area contributed by atoms with Crippen LogP contribution in [0.1, 0.15) is 39.0 Å². The Morgan fingerprint density at radius 3 is 2.81 bits per heavy atom. The van der Waals surface area contributed by atoms with Gasteiger partial charge in [0, 0.05) is 44.9 Å². The first-order chi connectivity index (χ1) is 7.78. The van der Waals surface area contributed by atoms with Crippen LogP contribution in [0, 0.1) is 0 Å². The molecule has 0 aromatic rings. The fourth-order valence-electron chi connectivity index (χ4n) is 3.49. The number of nitrogens with one attached hydrogen (secondary N) is 1. The minimum Gasteiger partial charge on any atom is -0.385 e. The largest absolute Gasteiger partial charge is 0.385 e. The second-order valence-electron chi connectivity index (χ2n) is 5.43. The first kappa shape index (κ1) is 12.3. The molecular weight excluding hydrogens is 200 g/mol. The predicted octanol–water partition coefficient (Wildman–Crippen LogP) is 1.63. The van der Waals surface area contributed by atoms with Crippen molar-refractivity contribution in [3.05, 3.63) is 0 Å². The van der Waals surface area contributed by atoms with Crippen LogP contribution in [0.4, 0.5) is 0 Å². The standard InChI is InChI=1S/C13H26N2O/c1-12(5-10-16-2)15-9-8-14-11-13(15)6-3-4-7-13/h12,14H,3-11H2,1-2H3. The summed E-state index contributed by atoms with van der Waals surface area (Å²) >= 11 is 0. The van der Waals surface area contributed by atoms with E-state index in [1.54, 1.807) is 7.11 Å². The lowest BCUT2D eigenvalue weighted by Gasteiger charge is -2.48. The monoisotopic (exact) mass is 226 g/mol. The fraction of sp³-hybridized carbons (Fsp3) is 1.00. The van der Waals surface area contributed by atoms with Crippen LogP contribution in [0.2, 0.25) is 0 Å². The predicted molar refractivity (Wildman–Crippen MR) is 66.7 cm³/mol. The fourth-order valence-corrected chi connectivity index (χ4v) is 3.49. The SMILES string of the molecule is COCCC(C)N1CCNCC12CCCC2. The number of hydrogen-bond donors (Lipinski definition) is 1. The van der Waals surface area contributed by atoms with Gasteiger partial charge in [-0.3, -0.25) is 4.90 Å². The van der Waals surface area contributed by atoms with E-state index in [1.807, 2.05) is 0 Å². The molecule has 1 aliphatic heterocycles. The van der Waals surface area contributed by atoms with Gasteiger partial charge >= 0.3 is 0 Å². The van der Waals surface area contributed by atoms with Gasteiger partial charge in [-0.15, -0.1) is 0 Å². The van der Waals surface area contributed by atoms with E-state index in [-0.39, 0.29) is 0 Å². The quantitative estimate of drug-likeness (QED) is 0.788. The van der Waals surface area contributed by atoms with Crippen LogP contribution in [0.3, 0.4) is 0 Å². The summed E-state index contributed by atoms with van der Waals surface area (Å²) in [5.74, 6) is 0. The molecule has 2 rings (SSSR count). The Morgan fingerprint density at radius 2 is 2.12 bits per heavy atom. The van der Waals surface area contributed by atoms with E-state index in [1.165, 1.54) is 38.8 Å². The van der Waals surface area contributed by atoms with Crippen LogP contribution in [0.15, 0.2) is 0 Å². The summed E-state index contributed by atoms with van der Waals surface area (Å²) in [7, 11) is 1.80. The molecule has 1 unspecified atom stereocenters. The molecule has 0 aromatic heterocycles. The van der Waals surface area contributed by atoms with E-state index in [4.69, 9.17) is 4.74 Å². The summed E-state index contributed by atoms with van der Waals surface area (Å²) in [5.41, 5.74) is 0.478. The maximum absolute atomic E-state index is 5.21. The maximum atomic E-state index is 5.21. The van der Waals surface area contributed by atoms with Gasteiger partial charge in [-0.05, 0) is 26.2 Å². The van der Waals surface area contributed by atoms with Crippen LogP contribution < -0.4 is 5.32 Å². The van der Waals surface area contributed by atoms with E-state index in [0.717, 1.165) is 19.6 Å². The lowest BCUT2D eigenvalue weighted by atomic mass is 9.90. The molecule has 1 aliphatic carbocycles. The highest BCUT2D eigenvalue weighted by Crippen LogP contribution is 2.37. The van der Waals surface area contributed by atoms with Gasteiger partial charge in [-0.25, -0.2) is 0 Å². The van der Waals surface area contributed by atoms with Gasteiger partial charge in [-0.2, -0.15) is 0 Å². The van der Waals surface area contributed by atoms with Crippen molar-refractivity contribution in [2.75, 3.05) is 33.4 Å². The second kappa shape index (κ2) is 5.48. The van der Waals surface area contributed by atoms with Crippen LogP contribution in [-0.4, -0.2) is 49.8 Å². The highest BCUT2D eigenvalue weighted by Gasteiger charge is 2.42. The number of piperazine rings is 1. The Labute approximate surface area is 99.5 Å². The van der Waals surface area contributed by atoms with Crippen molar-refractivity contribution >= 4 is 0 Å². The normalized spacial score (nSPS) is 27.4. The molecule has 1 saturated carbocycles. The van der Waals surface area contributed by atoms with Crippen LogP contribution in [0.25, 0.3) is 0 Å². The molecule has 2 aliphatic rings. The zero-order valence-electron chi connectivity index (χ0n) is 10.8. The lowest BCUT2D eigenvalue weighted by molar-refractivity contribution is 0.0175. The number of methoxy groups -OCH3 is 1. The van der Waals surface area contributed by atoms with Gasteiger partial charge in [0.2, 0.25) is 0 Å². The average molecular weight is 226 g/mol. The summed E-state index contributed by atoms with van der Waals surface area (Å²) in [5, 5.41) is 3.59. The van der Waals surface area contributed by atoms with E-state index in [2.05, 4.69) is 17.1 Å². The van der Waals surface area contributed by atoms with Crippen LogP contribution in [-0.2, 0) is 4.74 Å². The molecule has 1 heterocycles. The third kappa shape index (κ3) is 2.41. The van der Waals surface area contributed by atoms with Gasteiger partial charge in [0.1, 0.15) is 0 Å². The van der Waals surface area contributed by atoms with Gasteiger partial charge in [-0.1, -0.05) is 12.8 Å². The molecule has 3 heteroatoms. The number of nitrogens with zero attached hydrogens (tertiary/aromatic N) is 1. The van der Waals surface area contributed by atoms with Crippen molar-refractivity contribution in [3.8, 4) is 0 Å². The number of hydrogen-bond acceptors (Lipinski definition) is 3. The number of rotatable bonds is 4. The van der Waals surface area contributed by atoms with Gasteiger partial charge in [0.25, 0.3) is 0 Å². The third-order valence-electron chi connectivity index (χ3n) is 4.40. The molecule has 3 nitrogen and oxygen atoms in total. The molecule has 0 amide bonds. The minimum absolute atomic E-state index is 0.478. The minimum atomic E-state index is 0.478. The van der Waals surface area contributed by atoms with E-state index >= 15 is 0 Å². The average Bonchev–Trinajstić information content (AvgIpc) is 2.75. The zero-order valence-corrected chi connectivity index (χ0v) is 10.8. The summed E-state index contributed by atoms with van der Waals surface area (Å²) in [6.45, 7) is 6.82. The van der Waals surface area contributed by atoms with Crippen molar-refractivity contribution in [1.29, 1.82) is 0 Å². The van der Waals surface area contributed by atoms with Gasteiger partial charge in [0.15, 0.2) is 0 Å². The third-order valence-corrected chi connectivity index (χ3v) is 4.40. The zero-order chi connectivity index (χ0) is 11.4. The molecule has 94 valence electrons. The van der Waals surface area contributed by atoms with E-state index < -0.39 is 0 Å². The summed E-state index contributed by atoms with van der Waals surface area (Å²) in [6, 6.07) is 0.667. The molecule has 16 heavy (non-hydrogen) atoms. The van der Waals surface area contributed by atoms with Crippen molar-refractivity contribution < 1.29 is 4.74 Å². The molecule has 0 radical (unpaired) electrons. The molecule has 1 spiro atoms. The Morgan fingerprint density at radius 1 is 1.38 bits per heavy atom. The Kier molecular flexibility index (Phi) is 4.22. The van der Waals surface area contributed by atoms with Gasteiger partial charge in [0.05, 0.1) is 0 Å². The van der Waals surface area contributed by atoms with Gasteiger partial charge < -0.3 is 10.1 Å². The summed E-state index contributed by atoms with van der Waals surface area (Å²) in [4.78, 5) is 2.76. The van der Waals surface area contributed by atoms with Crippen molar-refractivity contribution in [3.63, 3.8) is 0 Å². The highest BCUT2D eigenvalue weighted by atomic mass is 16.5. The molecule has 0 aromatic carbocycles. The molecule has 1 N–H and O–H groups in total. The lowest BCUT2D eigenvalue weighted by Crippen LogP contribution is -2.62. The Hall–Kier alpha value is -0.120. The molecule has 1 atom stereocenters. The maximum Gasteiger partial charge on any atom is 0.0477 e. The van der Waals surface area contributed by atoms with E-state index in [0.29, 0.717) is 11.6 Å². The summed E-state index contributed by atoms with van der Waals surface area (Å²) in [6.07, 6.45) is 6.76. The highest BCUT2D eigenvalue weighted by molar-refractivity contribution is 5.00. The van der Waals surface area contributed by atoms with E-state index in [9.17, 15) is 0 Å². The molecule has 0 bridgehead atoms. The topological polar surface area (TPSA) is 24.5 Å². The number of ether oxygens (including phenoxy) is 1. The van der Waals surface area contributed by atoms with Crippen molar-refractivity contribution in [1.82, 2.24) is 10.2 Å².